The van der Waals surface area contributed by atoms with Crippen LogP contribution in [0.4, 0.5) is 0 Å². The molecule has 0 aliphatic heterocycles. The predicted molar refractivity (Wildman–Crippen MR) is 91.9 cm³/mol. The molecular weight excluding hydrogens is 306 g/mol. The Hall–Kier alpha value is -2.04. The van der Waals surface area contributed by atoms with Crippen LogP contribution < -0.4 is 10.1 Å². The quantitative estimate of drug-likeness (QED) is 0.813. The molecule has 0 saturated heterocycles. The van der Waals surface area contributed by atoms with Crippen molar-refractivity contribution in [1.29, 1.82) is 0 Å². The van der Waals surface area contributed by atoms with Crippen LogP contribution in [0, 0.1) is 19.8 Å². The first kappa shape index (κ1) is 18.3. The molecule has 0 heterocycles. The highest BCUT2D eigenvalue weighted by Crippen LogP contribution is 2.23. The first-order chi connectivity index (χ1) is 11.5. The van der Waals surface area contributed by atoms with Crippen molar-refractivity contribution in [3.63, 3.8) is 0 Å². The average Bonchev–Trinajstić information content (AvgIpc) is 2.56. The van der Waals surface area contributed by atoms with E-state index in [1.807, 2.05) is 32.0 Å². The Labute approximate surface area is 143 Å². The van der Waals surface area contributed by atoms with Crippen molar-refractivity contribution < 1.29 is 19.1 Å². The molecule has 1 aromatic rings. The maximum absolute atomic E-state index is 11.9. The number of aryl methyl sites for hydroxylation is 2. The van der Waals surface area contributed by atoms with Gasteiger partial charge in [-0.25, -0.2) is 4.79 Å². The second kappa shape index (κ2) is 8.71. The van der Waals surface area contributed by atoms with E-state index in [1.54, 1.807) is 0 Å². The third kappa shape index (κ3) is 5.55. The topological polar surface area (TPSA) is 64.6 Å². The van der Waals surface area contributed by atoms with Crippen LogP contribution in [0.2, 0.25) is 0 Å². The van der Waals surface area contributed by atoms with E-state index in [2.05, 4.69) is 12.2 Å². The summed E-state index contributed by atoms with van der Waals surface area (Å²) in [5.41, 5.74) is 2.26. The standard InChI is InChI=1S/C19H27NO4/c1-13-8-9-16(10-15(13)3)23-12-19(22)24-11-18(21)20-17-7-5-4-6-14(17)2/h8-10,14,17H,4-7,11-12H2,1-3H3,(H,20,21). The van der Waals surface area contributed by atoms with Crippen LogP contribution in [0.25, 0.3) is 0 Å². The van der Waals surface area contributed by atoms with Crippen LogP contribution in [0.3, 0.4) is 0 Å². The molecule has 5 heteroatoms. The molecule has 1 aromatic carbocycles. The fraction of sp³-hybridized carbons (Fsp3) is 0.579. The molecule has 2 rings (SSSR count). The van der Waals surface area contributed by atoms with Crippen molar-refractivity contribution in [3.05, 3.63) is 29.3 Å². The number of hydrogen-bond donors (Lipinski definition) is 1. The summed E-state index contributed by atoms with van der Waals surface area (Å²) in [6.45, 7) is 5.69. The SMILES string of the molecule is Cc1ccc(OCC(=O)OCC(=O)NC2CCCCC2C)cc1C. The molecule has 0 aromatic heterocycles. The summed E-state index contributed by atoms with van der Waals surface area (Å²) < 4.78 is 10.4. The highest BCUT2D eigenvalue weighted by molar-refractivity contribution is 5.81. The van der Waals surface area contributed by atoms with E-state index >= 15 is 0 Å². The summed E-state index contributed by atoms with van der Waals surface area (Å²) >= 11 is 0. The molecule has 0 radical (unpaired) electrons. The first-order valence-corrected chi connectivity index (χ1v) is 8.60. The third-order valence-electron chi connectivity index (χ3n) is 4.66. The largest absolute Gasteiger partial charge is 0.482 e. The minimum Gasteiger partial charge on any atom is -0.482 e. The summed E-state index contributed by atoms with van der Waals surface area (Å²) in [5, 5.41) is 2.95. The van der Waals surface area contributed by atoms with E-state index in [4.69, 9.17) is 9.47 Å². The van der Waals surface area contributed by atoms with Gasteiger partial charge in [-0.1, -0.05) is 25.8 Å². The van der Waals surface area contributed by atoms with Gasteiger partial charge in [-0.2, -0.15) is 0 Å². The molecule has 24 heavy (non-hydrogen) atoms. The molecule has 0 spiro atoms. The monoisotopic (exact) mass is 333 g/mol. The van der Waals surface area contributed by atoms with Gasteiger partial charge in [-0.05, 0) is 55.9 Å². The maximum Gasteiger partial charge on any atom is 0.344 e. The molecule has 132 valence electrons. The Kier molecular flexibility index (Phi) is 6.64. The number of hydrogen-bond acceptors (Lipinski definition) is 4. The minimum absolute atomic E-state index is 0.191. The first-order valence-electron chi connectivity index (χ1n) is 8.60. The lowest BCUT2D eigenvalue weighted by Gasteiger charge is -2.29. The van der Waals surface area contributed by atoms with E-state index in [-0.39, 0.29) is 25.2 Å². The van der Waals surface area contributed by atoms with Crippen LogP contribution in [0.5, 0.6) is 5.75 Å². The summed E-state index contributed by atoms with van der Waals surface area (Å²) in [6, 6.07) is 5.82. The van der Waals surface area contributed by atoms with Gasteiger partial charge in [-0.15, -0.1) is 0 Å². The Balaban J connectivity index is 1.68. The van der Waals surface area contributed by atoms with Gasteiger partial charge >= 0.3 is 5.97 Å². The van der Waals surface area contributed by atoms with E-state index in [0.717, 1.165) is 24.8 Å². The van der Waals surface area contributed by atoms with Gasteiger partial charge in [0.15, 0.2) is 13.2 Å². The van der Waals surface area contributed by atoms with Crippen LogP contribution in [0.15, 0.2) is 18.2 Å². The Bertz CT molecular complexity index is 585. The zero-order chi connectivity index (χ0) is 17.5. The number of ether oxygens (including phenoxy) is 2. The molecule has 2 atom stereocenters. The van der Waals surface area contributed by atoms with Gasteiger partial charge in [0.05, 0.1) is 0 Å². The minimum atomic E-state index is -0.542. The number of esters is 1. The molecule has 2 unspecified atom stereocenters. The molecule has 1 N–H and O–H groups in total. The zero-order valence-corrected chi connectivity index (χ0v) is 14.8. The Morgan fingerprint density at radius 3 is 2.58 bits per heavy atom. The van der Waals surface area contributed by atoms with Crippen molar-refractivity contribution in [2.24, 2.45) is 5.92 Å². The van der Waals surface area contributed by atoms with Gasteiger partial charge in [0, 0.05) is 6.04 Å². The number of carbonyl (C=O) groups is 2. The summed E-state index contributed by atoms with van der Waals surface area (Å²) in [4.78, 5) is 23.6. The Morgan fingerprint density at radius 1 is 1.12 bits per heavy atom. The summed E-state index contributed by atoms with van der Waals surface area (Å²) in [7, 11) is 0. The zero-order valence-electron chi connectivity index (χ0n) is 14.8. The van der Waals surface area contributed by atoms with Gasteiger partial charge in [-0.3, -0.25) is 4.79 Å². The van der Waals surface area contributed by atoms with Crippen molar-refractivity contribution in [3.8, 4) is 5.75 Å². The molecule has 1 fully saturated rings. The lowest BCUT2D eigenvalue weighted by Crippen LogP contribution is -2.43. The van der Waals surface area contributed by atoms with Gasteiger partial charge in [0.2, 0.25) is 0 Å². The van der Waals surface area contributed by atoms with Crippen molar-refractivity contribution in [1.82, 2.24) is 5.32 Å². The van der Waals surface area contributed by atoms with Gasteiger partial charge in [0.1, 0.15) is 5.75 Å². The fourth-order valence-corrected chi connectivity index (χ4v) is 2.91. The van der Waals surface area contributed by atoms with E-state index in [1.165, 1.54) is 12.0 Å². The molecule has 1 aliphatic carbocycles. The number of carbonyl (C=O) groups excluding carboxylic acids is 2. The molecule has 1 aliphatic rings. The van der Waals surface area contributed by atoms with Gasteiger partial charge in [0.25, 0.3) is 5.91 Å². The van der Waals surface area contributed by atoms with E-state index in [0.29, 0.717) is 11.7 Å². The molecule has 1 saturated carbocycles. The predicted octanol–water partition coefficient (Wildman–Crippen LogP) is 2.92. The van der Waals surface area contributed by atoms with Crippen LogP contribution in [-0.4, -0.2) is 31.1 Å². The van der Waals surface area contributed by atoms with E-state index < -0.39 is 5.97 Å². The van der Waals surface area contributed by atoms with Crippen molar-refractivity contribution in [2.45, 2.75) is 52.5 Å². The van der Waals surface area contributed by atoms with Crippen molar-refractivity contribution in [2.75, 3.05) is 13.2 Å². The van der Waals surface area contributed by atoms with Crippen LogP contribution in [-0.2, 0) is 14.3 Å². The number of nitrogens with one attached hydrogen (secondary N) is 1. The lowest BCUT2D eigenvalue weighted by molar-refractivity contribution is -0.150. The van der Waals surface area contributed by atoms with Crippen molar-refractivity contribution >= 4 is 11.9 Å². The normalized spacial score (nSPS) is 20.3. The lowest BCUT2D eigenvalue weighted by atomic mass is 9.86. The highest BCUT2D eigenvalue weighted by Gasteiger charge is 2.23. The molecule has 1 amide bonds. The third-order valence-corrected chi connectivity index (χ3v) is 4.66. The molecule has 5 nitrogen and oxygen atoms in total. The number of benzene rings is 1. The maximum atomic E-state index is 11.9. The fourth-order valence-electron chi connectivity index (χ4n) is 2.91. The second-order valence-corrected chi connectivity index (χ2v) is 6.63. The van der Waals surface area contributed by atoms with Crippen LogP contribution in [0.1, 0.15) is 43.7 Å². The highest BCUT2D eigenvalue weighted by atomic mass is 16.6. The average molecular weight is 333 g/mol. The smallest absolute Gasteiger partial charge is 0.344 e. The number of rotatable bonds is 6. The summed E-state index contributed by atoms with van der Waals surface area (Å²) in [6.07, 6.45) is 4.49. The van der Waals surface area contributed by atoms with Crippen LogP contribution >= 0.6 is 0 Å². The molecule has 0 bridgehead atoms. The van der Waals surface area contributed by atoms with Gasteiger partial charge < -0.3 is 14.8 Å². The Morgan fingerprint density at radius 2 is 1.88 bits per heavy atom. The molecular formula is C19H27NO4. The number of amides is 1. The van der Waals surface area contributed by atoms with E-state index in [9.17, 15) is 9.59 Å². The second-order valence-electron chi connectivity index (χ2n) is 6.63. The summed E-state index contributed by atoms with van der Waals surface area (Å²) in [5.74, 6) is 0.315.